The Kier molecular flexibility index (Phi) is 4.23. The van der Waals surface area contributed by atoms with Crippen LogP contribution in [0.3, 0.4) is 0 Å². The molecule has 0 bridgehead atoms. The summed E-state index contributed by atoms with van der Waals surface area (Å²) in [5, 5.41) is 21.8. The molecule has 0 unspecified atom stereocenters. The van der Waals surface area contributed by atoms with Gasteiger partial charge in [0, 0.05) is 30.5 Å². The van der Waals surface area contributed by atoms with E-state index in [1.807, 2.05) is 26.6 Å². The van der Waals surface area contributed by atoms with Gasteiger partial charge in [0.15, 0.2) is 0 Å². The highest BCUT2D eigenvalue weighted by molar-refractivity contribution is 6.89. The van der Waals surface area contributed by atoms with Gasteiger partial charge in [0.1, 0.15) is 5.75 Å². The molecule has 1 rings (SSSR count). The number of phenols is 1. The van der Waals surface area contributed by atoms with E-state index in [1.165, 1.54) is 18.3 Å². The second-order valence-electron chi connectivity index (χ2n) is 5.07. The lowest BCUT2D eigenvalue weighted by Crippen LogP contribution is -2.38. The first-order valence-corrected chi connectivity index (χ1v) is 9.29. The van der Waals surface area contributed by atoms with Gasteiger partial charge >= 0.3 is 0 Å². The third-order valence-corrected chi connectivity index (χ3v) is 4.55. The highest BCUT2D eigenvalue weighted by Crippen LogP contribution is 2.23. The molecule has 98 valence electrons. The van der Waals surface area contributed by atoms with Gasteiger partial charge in [-0.15, -0.1) is 0 Å². The van der Waals surface area contributed by atoms with E-state index in [9.17, 15) is 15.2 Å². The molecule has 1 aromatic rings. The van der Waals surface area contributed by atoms with Crippen molar-refractivity contribution in [2.24, 2.45) is 4.99 Å². The van der Waals surface area contributed by atoms with Crippen LogP contribution in [0.25, 0.3) is 0 Å². The zero-order valence-electron chi connectivity index (χ0n) is 11.1. The van der Waals surface area contributed by atoms with Crippen LogP contribution in [0.5, 0.6) is 5.75 Å². The molecule has 0 radical (unpaired) electrons. The van der Waals surface area contributed by atoms with Crippen LogP contribution in [0.1, 0.15) is 12.5 Å². The van der Waals surface area contributed by atoms with E-state index in [0.717, 1.165) is 0 Å². The third kappa shape index (κ3) is 3.16. The van der Waals surface area contributed by atoms with E-state index in [4.69, 9.17) is 0 Å². The van der Waals surface area contributed by atoms with Crippen LogP contribution >= 0.6 is 0 Å². The quantitative estimate of drug-likeness (QED) is 0.393. The summed E-state index contributed by atoms with van der Waals surface area (Å²) in [5.74, 6) is 0.122. The third-order valence-electron chi connectivity index (χ3n) is 2.56. The number of non-ortho nitro benzene ring substituents is 1. The zero-order chi connectivity index (χ0) is 13.9. The Hall–Kier alpha value is -1.69. The van der Waals surface area contributed by atoms with Crippen LogP contribution < -0.4 is 5.19 Å². The van der Waals surface area contributed by atoms with Gasteiger partial charge in [-0.25, -0.2) is 0 Å². The van der Waals surface area contributed by atoms with Crippen molar-refractivity contribution in [3.05, 3.63) is 27.8 Å². The number of hydrogen-bond acceptors (Lipinski definition) is 4. The lowest BCUT2D eigenvalue weighted by molar-refractivity contribution is -0.384. The number of phenolic OH excluding ortho intramolecular Hbond substituents is 1. The largest absolute Gasteiger partial charge is 0.507 e. The maximum absolute atomic E-state index is 10.9. The molecule has 18 heavy (non-hydrogen) atoms. The zero-order valence-corrected chi connectivity index (χ0v) is 12.1. The molecule has 0 amide bonds. The van der Waals surface area contributed by atoms with Crippen molar-refractivity contribution in [2.75, 3.05) is 6.54 Å². The average Bonchev–Trinajstić information content (AvgIpc) is 2.25. The second-order valence-corrected chi connectivity index (χ2v) is 10.1. The molecule has 1 aromatic carbocycles. The topological polar surface area (TPSA) is 75.7 Å². The summed E-state index contributed by atoms with van der Waals surface area (Å²) in [4.78, 5) is 14.5. The van der Waals surface area contributed by atoms with Gasteiger partial charge < -0.3 is 5.11 Å². The predicted octanol–water partition coefficient (Wildman–Crippen LogP) is 2.28. The van der Waals surface area contributed by atoms with Crippen molar-refractivity contribution in [1.29, 1.82) is 0 Å². The number of nitro benzene ring substituents is 1. The Morgan fingerprint density at radius 3 is 2.50 bits per heavy atom. The molecule has 0 aromatic heterocycles. The van der Waals surface area contributed by atoms with Gasteiger partial charge in [0.2, 0.25) is 0 Å². The monoisotopic (exact) mass is 266 g/mol. The summed E-state index contributed by atoms with van der Waals surface area (Å²) in [7, 11) is -1.84. The van der Waals surface area contributed by atoms with E-state index >= 15 is 0 Å². The highest BCUT2D eigenvalue weighted by Gasteiger charge is 2.25. The van der Waals surface area contributed by atoms with Gasteiger partial charge in [0.25, 0.3) is 5.69 Å². The standard InChI is InChI=1S/C12H18N2O3Si/c1-5-13-8-9-6-10(14(16)17)7-11(12(9)15)18(2,3)4/h6-8,15H,5H2,1-4H3. The molecule has 0 atom stereocenters. The SMILES string of the molecule is CCN=Cc1cc([N+](=O)[O-])cc([Si](C)(C)C)c1O. The van der Waals surface area contributed by atoms with E-state index < -0.39 is 13.0 Å². The smallest absolute Gasteiger partial charge is 0.270 e. The maximum atomic E-state index is 10.9. The number of aromatic hydroxyl groups is 1. The lowest BCUT2D eigenvalue weighted by Gasteiger charge is -2.19. The number of rotatable bonds is 4. The number of hydrogen-bond donors (Lipinski definition) is 1. The molecule has 0 aliphatic heterocycles. The molecule has 0 heterocycles. The lowest BCUT2D eigenvalue weighted by atomic mass is 10.2. The van der Waals surface area contributed by atoms with E-state index in [1.54, 1.807) is 0 Å². The van der Waals surface area contributed by atoms with Gasteiger partial charge in [-0.2, -0.15) is 0 Å². The fourth-order valence-electron chi connectivity index (χ4n) is 1.61. The first kappa shape index (κ1) is 14.4. The highest BCUT2D eigenvalue weighted by atomic mass is 28.3. The van der Waals surface area contributed by atoms with Crippen molar-refractivity contribution in [1.82, 2.24) is 0 Å². The fraction of sp³-hybridized carbons (Fsp3) is 0.417. The fourth-order valence-corrected chi connectivity index (χ4v) is 3.04. The molecular formula is C12H18N2O3Si. The molecular weight excluding hydrogens is 248 g/mol. The molecule has 0 fully saturated rings. The van der Waals surface area contributed by atoms with Crippen LogP contribution in [0, 0.1) is 10.1 Å². The number of benzene rings is 1. The molecule has 0 aliphatic rings. The maximum Gasteiger partial charge on any atom is 0.270 e. The normalized spacial score (nSPS) is 12.0. The van der Waals surface area contributed by atoms with Crippen LogP contribution in [0.4, 0.5) is 5.69 Å². The number of aliphatic imine (C=N–C) groups is 1. The summed E-state index contributed by atoms with van der Waals surface area (Å²) >= 11 is 0. The van der Waals surface area contributed by atoms with Crippen LogP contribution in [-0.4, -0.2) is 30.9 Å². The first-order chi connectivity index (χ1) is 8.27. The molecule has 0 saturated carbocycles. The van der Waals surface area contributed by atoms with Crippen LogP contribution in [-0.2, 0) is 0 Å². The average molecular weight is 266 g/mol. The van der Waals surface area contributed by atoms with E-state index in [0.29, 0.717) is 17.3 Å². The first-order valence-electron chi connectivity index (χ1n) is 5.79. The van der Waals surface area contributed by atoms with Gasteiger partial charge in [-0.3, -0.25) is 15.1 Å². The van der Waals surface area contributed by atoms with Crippen molar-refractivity contribution in [2.45, 2.75) is 26.6 Å². The minimum atomic E-state index is -1.84. The molecule has 1 N–H and O–H groups in total. The Labute approximate surface area is 107 Å². The van der Waals surface area contributed by atoms with Gasteiger partial charge in [0.05, 0.1) is 13.0 Å². The summed E-state index contributed by atoms with van der Waals surface area (Å²) in [6.07, 6.45) is 1.49. The van der Waals surface area contributed by atoms with Crippen LogP contribution in [0.2, 0.25) is 19.6 Å². The minimum absolute atomic E-state index is 0.00257. The summed E-state index contributed by atoms with van der Waals surface area (Å²) < 4.78 is 0. The Balaban J connectivity index is 3.48. The molecule has 0 aliphatic carbocycles. The molecule has 5 nitrogen and oxygen atoms in total. The van der Waals surface area contributed by atoms with Gasteiger partial charge in [-0.1, -0.05) is 19.6 Å². The Morgan fingerprint density at radius 1 is 1.44 bits per heavy atom. The molecule has 0 spiro atoms. The van der Waals surface area contributed by atoms with Gasteiger partial charge in [-0.05, 0) is 12.1 Å². The Bertz CT molecular complexity index is 493. The Morgan fingerprint density at radius 2 is 2.06 bits per heavy atom. The molecule has 0 saturated heterocycles. The molecule has 6 heteroatoms. The summed E-state index contributed by atoms with van der Waals surface area (Å²) in [5.41, 5.74) is 0.422. The van der Waals surface area contributed by atoms with Crippen LogP contribution in [0.15, 0.2) is 17.1 Å². The van der Waals surface area contributed by atoms with Crippen molar-refractivity contribution in [3.63, 3.8) is 0 Å². The summed E-state index contributed by atoms with van der Waals surface area (Å²) in [6, 6.07) is 2.84. The number of nitrogens with zero attached hydrogens (tertiary/aromatic N) is 2. The van der Waals surface area contributed by atoms with E-state index in [-0.39, 0.29) is 11.4 Å². The number of nitro groups is 1. The van der Waals surface area contributed by atoms with Crippen molar-refractivity contribution >= 4 is 25.2 Å². The summed E-state index contributed by atoms with van der Waals surface area (Å²) in [6.45, 7) is 8.54. The van der Waals surface area contributed by atoms with E-state index in [2.05, 4.69) is 4.99 Å². The second kappa shape index (κ2) is 5.30. The van der Waals surface area contributed by atoms with Crippen molar-refractivity contribution in [3.8, 4) is 5.75 Å². The predicted molar refractivity (Wildman–Crippen MR) is 75.9 cm³/mol. The van der Waals surface area contributed by atoms with Crippen molar-refractivity contribution < 1.29 is 10.0 Å². The minimum Gasteiger partial charge on any atom is -0.507 e.